The molecular formula is C52H60N10O4. The highest BCUT2D eigenvalue weighted by molar-refractivity contribution is 6.05. The van der Waals surface area contributed by atoms with Crippen LogP contribution in [0.2, 0.25) is 0 Å². The Kier molecular flexibility index (Phi) is 12.3. The summed E-state index contributed by atoms with van der Waals surface area (Å²) in [4.78, 5) is 67.6. The molecule has 6 aromatic rings. The van der Waals surface area contributed by atoms with E-state index in [0.717, 1.165) is 142 Å². The second-order valence-electron chi connectivity index (χ2n) is 19.1. The van der Waals surface area contributed by atoms with Crippen LogP contribution >= 0.6 is 0 Å². The number of nitrogens with zero attached hydrogens (tertiary/aromatic N) is 8. The number of ketones is 1. The van der Waals surface area contributed by atoms with Gasteiger partial charge in [-0.15, -0.1) is 0 Å². The van der Waals surface area contributed by atoms with Crippen molar-refractivity contribution in [2.24, 2.45) is 20.0 Å². The summed E-state index contributed by atoms with van der Waals surface area (Å²) < 4.78 is 5.36. The van der Waals surface area contributed by atoms with Crippen molar-refractivity contribution >= 4 is 45.5 Å². The van der Waals surface area contributed by atoms with Gasteiger partial charge in [0.2, 0.25) is 11.8 Å². The van der Waals surface area contributed by atoms with Crippen molar-refractivity contribution < 1.29 is 14.4 Å². The van der Waals surface area contributed by atoms with E-state index in [2.05, 4.69) is 66.9 Å². The van der Waals surface area contributed by atoms with E-state index >= 15 is 0 Å². The van der Waals surface area contributed by atoms with Crippen molar-refractivity contribution in [2.45, 2.75) is 76.4 Å². The highest BCUT2D eigenvalue weighted by Gasteiger charge is 2.32. The minimum absolute atomic E-state index is 0.120. The fourth-order valence-corrected chi connectivity index (χ4v) is 10.9. The molecule has 4 aliphatic rings. The van der Waals surface area contributed by atoms with E-state index in [1.165, 1.54) is 21.4 Å². The zero-order valence-corrected chi connectivity index (χ0v) is 38.1. The number of imide groups is 1. The Morgan fingerprint density at radius 3 is 2.23 bits per heavy atom. The number of benzene rings is 2. The van der Waals surface area contributed by atoms with Gasteiger partial charge < -0.3 is 15.2 Å². The van der Waals surface area contributed by atoms with E-state index in [1.807, 2.05) is 54.9 Å². The van der Waals surface area contributed by atoms with Crippen LogP contribution in [-0.4, -0.2) is 102 Å². The van der Waals surface area contributed by atoms with Gasteiger partial charge in [-0.3, -0.25) is 38.6 Å². The van der Waals surface area contributed by atoms with Gasteiger partial charge in [0.1, 0.15) is 17.5 Å². The number of carbonyl (C=O) groups is 3. The number of nitrogen functional groups attached to an aromatic ring is 1. The minimum atomic E-state index is -0.680. The molecule has 4 fully saturated rings. The fraction of sp³-hybridized carbons (Fsp3) is 0.423. The summed E-state index contributed by atoms with van der Waals surface area (Å²) >= 11 is 0. The maximum Gasteiger partial charge on any atom is 0.329 e. The first-order valence-corrected chi connectivity index (χ1v) is 23.7. The molecule has 1 aliphatic carbocycles. The van der Waals surface area contributed by atoms with Gasteiger partial charge in [0, 0.05) is 101 Å². The topological polar surface area (TPSA) is 157 Å². The number of anilines is 1. The Balaban J connectivity index is 0.661. The van der Waals surface area contributed by atoms with E-state index in [9.17, 15) is 19.2 Å². The van der Waals surface area contributed by atoms with Gasteiger partial charge in [-0.25, -0.2) is 14.8 Å². The summed E-state index contributed by atoms with van der Waals surface area (Å²) in [6.45, 7) is 8.82. The molecular weight excluding hydrogens is 829 g/mol. The maximum absolute atomic E-state index is 13.4. The lowest BCUT2D eigenvalue weighted by molar-refractivity contribution is -0.135. The molecule has 3 N–H and O–H groups in total. The number of piperidine rings is 2. The van der Waals surface area contributed by atoms with Gasteiger partial charge in [0.25, 0.3) is 0 Å². The van der Waals surface area contributed by atoms with Gasteiger partial charge in [-0.1, -0.05) is 35.9 Å². The van der Waals surface area contributed by atoms with Gasteiger partial charge in [-0.05, 0) is 129 Å². The molecule has 1 atom stereocenters. The largest absolute Gasteiger partial charge is 0.384 e. The lowest BCUT2D eigenvalue weighted by Gasteiger charge is -2.37. The third kappa shape index (κ3) is 9.01. The van der Waals surface area contributed by atoms with Gasteiger partial charge in [0.15, 0.2) is 5.78 Å². The van der Waals surface area contributed by atoms with Crippen LogP contribution in [0.15, 0.2) is 95.6 Å². The van der Waals surface area contributed by atoms with E-state index < -0.39 is 11.9 Å². The summed E-state index contributed by atoms with van der Waals surface area (Å²) in [6.07, 6.45) is 12.6. The zero-order chi connectivity index (χ0) is 45.5. The van der Waals surface area contributed by atoms with Crippen LogP contribution in [0.4, 0.5) is 5.82 Å². The summed E-state index contributed by atoms with van der Waals surface area (Å²) in [5.74, 6) is 1.05. The average molecular weight is 889 g/mol. The predicted octanol–water partition coefficient (Wildman–Crippen LogP) is 6.35. The first kappa shape index (κ1) is 43.7. The van der Waals surface area contributed by atoms with E-state index in [4.69, 9.17) is 10.7 Å². The minimum Gasteiger partial charge on any atom is -0.384 e. The van der Waals surface area contributed by atoms with Crippen LogP contribution in [0.3, 0.4) is 0 Å². The molecule has 7 heterocycles. The number of nitrogens with two attached hydrogens (primary N) is 1. The smallest absolute Gasteiger partial charge is 0.329 e. The van der Waals surface area contributed by atoms with E-state index in [-0.39, 0.29) is 23.8 Å². The van der Waals surface area contributed by atoms with Crippen LogP contribution < -0.4 is 16.7 Å². The maximum atomic E-state index is 13.4. The Labute approximate surface area is 385 Å². The Morgan fingerprint density at radius 1 is 0.758 bits per heavy atom. The quantitative estimate of drug-likeness (QED) is 0.0855. The summed E-state index contributed by atoms with van der Waals surface area (Å²) in [6, 6.07) is 22.0. The summed E-state index contributed by atoms with van der Waals surface area (Å²) in [5.41, 5.74) is 16.0. The lowest BCUT2D eigenvalue weighted by atomic mass is 9.84. The Bertz CT molecular complexity index is 2870. The number of aryl methyl sites for hydroxylation is 2. The van der Waals surface area contributed by atoms with Crippen LogP contribution in [0.5, 0.6) is 0 Å². The molecule has 342 valence electrons. The number of amides is 2. The van der Waals surface area contributed by atoms with E-state index in [1.54, 1.807) is 11.6 Å². The SMILES string of the molecule is Cn1c(CN2CCC(c3ccc(C(=O)C=C4CCC(CN5CCN(Cc6ccc7c(c6)n(C)c(=O)n7C6CCC(=O)NC6=O)CC5)CC4)cc3)CC2)cc2c(-c3ccc(N)nc3)ccnc21. The number of hydrogen-bond donors (Lipinski definition) is 2. The summed E-state index contributed by atoms with van der Waals surface area (Å²) in [7, 11) is 3.84. The molecule has 14 nitrogen and oxygen atoms in total. The standard InChI is InChI=1S/C52H60N10O4/c1-57-41(29-43-42(17-20-54-50(43)57)40-12-15-48(53)55-30-40)33-59-21-18-38(19-22-59)37-8-10-39(11-9-37)47(63)28-34-3-5-35(6-4-34)31-60-23-25-61(26-24-60)32-36-7-13-44-46(27-36)58(2)52(66)62(44)45-14-16-49(64)56-51(45)65/h7-13,15,17,20,27-30,35,38,45H,3-6,14,16,18-19,21-26,31-33H2,1-2H3,(H2,53,55)(H,56,64,65). The average Bonchev–Trinajstić information content (AvgIpc) is 3.78. The molecule has 0 radical (unpaired) electrons. The second kappa shape index (κ2) is 18.6. The molecule has 0 bridgehead atoms. The molecule has 3 aliphatic heterocycles. The van der Waals surface area contributed by atoms with Gasteiger partial charge in [0.05, 0.1) is 11.0 Å². The first-order valence-electron chi connectivity index (χ1n) is 23.7. The number of nitrogens with one attached hydrogen (secondary N) is 1. The molecule has 14 heteroatoms. The highest BCUT2D eigenvalue weighted by atomic mass is 16.2. The number of likely N-dealkylation sites (tertiary alicyclic amines) is 1. The number of rotatable bonds is 11. The number of aromatic nitrogens is 5. The van der Waals surface area contributed by atoms with Crippen LogP contribution in [-0.2, 0) is 36.8 Å². The molecule has 1 unspecified atom stereocenters. The number of pyridine rings is 2. The first-order chi connectivity index (χ1) is 32.0. The van der Waals surface area contributed by atoms with Crippen molar-refractivity contribution in [1.29, 1.82) is 0 Å². The molecule has 4 aromatic heterocycles. The number of imidazole rings is 1. The molecule has 1 saturated carbocycles. The summed E-state index contributed by atoms with van der Waals surface area (Å²) in [5, 5.41) is 3.51. The number of hydrogen-bond acceptors (Lipinski definition) is 10. The van der Waals surface area contributed by atoms with Crippen LogP contribution in [0, 0.1) is 5.92 Å². The Hall–Kier alpha value is -6.22. The highest BCUT2D eigenvalue weighted by Crippen LogP contribution is 2.34. The molecule has 2 amide bonds. The number of carbonyl (C=O) groups excluding carboxylic acids is 3. The number of fused-ring (bicyclic) bond motifs is 2. The van der Waals surface area contributed by atoms with Crippen molar-refractivity contribution in [2.75, 3.05) is 51.5 Å². The molecule has 10 rings (SSSR count). The molecule has 0 spiro atoms. The third-order valence-electron chi connectivity index (χ3n) is 14.9. The van der Waals surface area contributed by atoms with Crippen molar-refractivity contribution in [3.63, 3.8) is 0 Å². The number of piperazine rings is 1. The normalized spacial score (nSPS) is 20.6. The molecule has 2 aromatic carbocycles. The molecule has 3 saturated heterocycles. The fourth-order valence-electron chi connectivity index (χ4n) is 10.9. The predicted molar refractivity (Wildman–Crippen MR) is 257 cm³/mol. The van der Waals surface area contributed by atoms with Gasteiger partial charge in [-0.2, -0.15) is 0 Å². The van der Waals surface area contributed by atoms with Gasteiger partial charge >= 0.3 is 5.69 Å². The lowest BCUT2D eigenvalue weighted by Crippen LogP contribution is -2.47. The van der Waals surface area contributed by atoms with Crippen molar-refractivity contribution in [3.05, 3.63) is 124 Å². The van der Waals surface area contributed by atoms with E-state index in [0.29, 0.717) is 24.1 Å². The van der Waals surface area contributed by atoms with Crippen molar-refractivity contribution in [1.82, 2.24) is 43.7 Å². The Morgan fingerprint density at radius 2 is 1.50 bits per heavy atom. The zero-order valence-electron chi connectivity index (χ0n) is 38.1. The number of allylic oxidation sites excluding steroid dienone is 2. The van der Waals surface area contributed by atoms with Crippen LogP contribution in [0.1, 0.15) is 90.5 Å². The van der Waals surface area contributed by atoms with Crippen LogP contribution in [0.25, 0.3) is 33.2 Å². The third-order valence-corrected chi connectivity index (χ3v) is 14.9. The second-order valence-corrected chi connectivity index (χ2v) is 19.1. The molecule has 66 heavy (non-hydrogen) atoms. The van der Waals surface area contributed by atoms with Crippen molar-refractivity contribution in [3.8, 4) is 11.1 Å². The monoisotopic (exact) mass is 888 g/mol.